The van der Waals surface area contributed by atoms with Crippen LogP contribution in [0, 0.1) is 6.92 Å². The van der Waals surface area contributed by atoms with Crippen LogP contribution in [-0.2, 0) is 9.53 Å². The molecule has 0 radical (unpaired) electrons. The molecule has 9 heteroatoms. The summed E-state index contributed by atoms with van der Waals surface area (Å²) in [5.74, 6) is -0.246. The van der Waals surface area contributed by atoms with Gasteiger partial charge in [0.2, 0.25) is 5.84 Å². The van der Waals surface area contributed by atoms with E-state index in [-0.39, 0.29) is 6.10 Å². The lowest BCUT2D eigenvalue weighted by Crippen LogP contribution is -2.25. The number of hydrogen-bond donors (Lipinski definition) is 2. The number of hydrogen-bond acceptors (Lipinski definition) is 6. The molecular weight excluding hydrogens is 460 g/mol. The van der Waals surface area contributed by atoms with Gasteiger partial charge in [0.05, 0.1) is 20.8 Å². The molecule has 3 N–H and O–H groups in total. The molecule has 2 aliphatic rings. The monoisotopic (exact) mass is 492 g/mol. The minimum Gasteiger partial charge on any atom is -0.493 e. The van der Waals surface area contributed by atoms with Gasteiger partial charge < -0.3 is 30.0 Å². The SMILES string of the molecule is CCN=CN=C(N)C(=O)O.COc1cccc(C2OCC3=CC=CCN3c3ccc(C)cc32)c1OC. The third-order valence-electron chi connectivity index (χ3n) is 5.61. The van der Waals surface area contributed by atoms with Crippen LogP contribution in [0.25, 0.3) is 0 Å². The van der Waals surface area contributed by atoms with Gasteiger partial charge in [-0.3, -0.25) is 4.99 Å². The molecule has 0 bridgehead atoms. The number of nitrogens with two attached hydrogens (primary N) is 1. The minimum absolute atomic E-state index is 0.221. The Hall–Kier alpha value is -4.11. The molecule has 36 heavy (non-hydrogen) atoms. The number of aryl methyl sites for hydroxylation is 1. The van der Waals surface area contributed by atoms with E-state index >= 15 is 0 Å². The first-order chi connectivity index (χ1) is 17.4. The van der Waals surface area contributed by atoms with Crippen molar-refractivity contribution in [3.8, 4) is 11.5 Å². The summed E-state index contributed by atoms with van der Waals surface area (Å²) in [7, 11) is 3.33. The fraction of sp³-hybridized carbons (Fsp3) is 0.296. The zero-order chi connectivity index (χ0) is 26.1. The van der Waals surface area contributed by atoms with Gasteiger partial charge in [0.1, 0.15) is 12.4 Å². The number of benzene rings is 2. The van der Waals surface area contributed by atoms with Crippen LogP contribution in [0.5, 0.6) is 11.5 Å². The predicted octanol–water partition coefficient (Wildman–Crippen LogP) is 3.87. The highest BCUT2D eigenvalue weighted by Gasteiger charge is 2.30. The number of carboxylic acids is 1. The first-order valence-corrected chi connectivity index (χ1v) is 11.5. The zero-order valence-electron chi connectivity index (χ0n) is 21.0. The number of aliphatic carboxylic acids is 1. The second kappa shape index (κ2) is 12.6. The fourth-order valence-electron chi connectivity index (χ4n) is 3.94. The van der Waals surface area contributed by atoms with Gasteiger partial charge in [-0.2, -0.15) is 0 Å². The second-order valence-electron chi connectivity index (χ2n) is 7.97. The Morgan fingerprint density at radius 2 is 2.06 bits per heavy atom. The number of para-hydroxylation sites is 1. The van der Waals surface area contributed by atoms with Crippen molar-refractivity contribution in [2.24, 2.45) is 15.7 Å². The highest BCUT2D eigenvalue weighted by atomic mass is 16.5. The average molecular weight is 493 g/mol. The molecule has 2 aliphatic heterocycles. The van der Waals surface area contributed by atoms with Gasteiger partial charge in [0.15, 0.2) is 11.5 Å². The van der Waals surface area contributed by atoms with Gasteiger partial charge in [-0.25, -0.2) is 9.79 Å². The number of nitrogens with zero attached hydrogens (tertiary/aromatic N) is 3. The summed E-state index contributed by atoms with van der Waals surface area (Å²) < 4.78 is 17.6. The molecule has 2 aromatic rings. The topological polar surface area (TPSA) is 119 Å². The number of carboxylic acid groups (broad SMARTS) is 1. The minimum atomic E-state index is -1.23. The first-order valence-electron chi connectivity index (χ1n) is 11.5. The van der Waals surface area contributed by atoms with Crippen molar-refractivity contribution in [1.29, 1.82) is 0 Å². The Morgan fingerprint density at radius 1 is 1.25 bits per heavy atom. The van der Waals surface area contributed by atoms with Gasteiger partial charge in [-0.1, -0.05) is 42.0 Å². The summed E-state index contributed by atoms with van der Waals surface area (Å²) in [5, 5.41) is 8.16. The Bertz CT molecular complexity index is 1200. The van der Waals surface area contributed by atoms with Crippen LogP contribution < -0.4 is 20.1 Å². The number of allylic oxidation sites excluding steroid dienone is 2. The van der Waals surface area contributed by atoms with E-state index < -0.39 is 11.8 Å². The van der Waals surface area contributed by atoms with Gasteiger partial charge in [0.25, 0.3) is 0 Å². The number of fused-ring (bicyclic) bond motifs is 3. The summed E-state index contributed by atoms with van der Waals surface area (Å²) in [4.78, 5) is 19.3. The smallest absolute Gasteiger partial charge is 0.371 e. The molecule has 0 fully saturated rings. The van der Waals surface area contributed by atoms with E-state index in [0.717, 1.165) is 29.8 Å². The quantitative estimate of drug-likeness (QED) is 0.480. The van der Waals surface area contributed by atoms with Crippen molar-refractivity contribution in [2.45, 2.75) is 20.0 Å². The summed E-state index contributed by atoms with van der Waals surface area (Å²) in [6, 6.07) is 12.5. The molecular formula is C27H32N4O5. The number of amidine groups is 1. The molecule has 0 saturated carbocycles. The molecule has 2 aromatic carbocycles. The Morgan fingerprint density at radius 3 is 2.75 bits per heavy atom. The molecule has 2 heterocycles. The molecule has 0 aliphatic carbocycles. The summed E-state index contributed by atoms with van der Waals surface area (Å²) in [6.07, 6.45) is 7.29. The van der Waals surface area contributed by atoms with Gasteiger partial charge in [-0.05, 0) is 32.1 Å². The van der Waals surface area contributed by atoms with Crippen molar-refractivity contribution in [3.63, 3.8) is 0 Å². The lowest BCUT2D eigenvalue weighted by atomic mass is 9.96. The fourth-order valence-corrected chi connectivity index (χ4v) is 3.94. The van der Waals surface area contributed by atoms with E-state index in [4.69, 9.17) is 25.1 Å². The average Bonchev–Trinajstić information content (AvgIpc) is 3.05. The van der Waals surface area contributed by atoms with Crippen molar-refractivity contribution in [3.05, 3.63) is 77.0 Å². The highest BCUT2D eigenvalue weighted by molar-refractivity contribution is 6.34. The maximum atomic E-state index is 9.98. The number of methoxy groups -OCH3 is 2. The number of aliphatic imine (C=N–C) groups is 2. The summed E-state index contributed by atoms with van der Waals surface area (Å²) in [5.41, 5.74) is 10.6. The molecule has 0 spiro atoms. The van der Waals surface area contributed by atoms with Crippen molar-refractivity contribution in [2.75, 3.05) is 38.8 Å². The maximum absolute atomic E-state index is 9.98. The lowest BCUT2D eigenvalue weighted by Gasteiger charge is -2.27. The van der Waals surface area contributed by atoms with Crippen LogP contribution >= 0.6 is 0 Å². The van der Waals surface area contributed by atoms with Crippen molar-refractivity contribution >= 4 is 23.8 Å². The molecule has 0 aromatic heterocycles. The van der Waals surface area contributed by atoms with E-state index in [9.17, 15) is 4.79 Å². The second-order valence-corrected chi connectivity index (χ2v) is 7.97. The number of rotatable bonds is 5. The normalized spacial score (nSPS) is 16.8. The summed E-state index contributed by atoms with van der Waals surface area (Å²) in [6.45, 7) is 5.88. The van der Waals surface area contributed by atoms with Crippen LogP contribution in [0.4, 0.5) is 5.69 Å². The molecule has 190 valence electrons. The molecule has 1 atom stereocenters. The number of carbonyl (C=O) groups is 1. The van der Waals surface area contributed by atoms with E-state index in [1.165, 1.54) is 16.9 Å². The predicted molar refractivity (Wildman–Crippen MR) is 141 cm³/mol. The van der Waals surface area contributed by atoms with Crippen LogP contribution in [-0.4, -0.2) is 57.2 Å². The molecule has 4 rings (SSSR count). The van der Waals surface area contributed by atoms with E-state index in [1.54, 1.807) is 14.2 Å². The van der Waals surface area contributed by atoms with Gasteiger partial charge in [0, 0.05) is 35.6 Å². The molecule has 0 amide bonds. The molecule has 9 nitrogen and oxygen atoms in total. The standard InChI is InChI=1S/C22H23NO3.C5H9N3O2/c1-15-10-11-19-18(13-15)21(26-14-16-7-4-5-12-23(16)19)17-8-6-9-20(24-2)22(17)25-3;1-2-7-3-8-4(6)5(9)10/h4-11,13,21H,12,14H2,1-3H3;3H,2H2,1H3,(H,9,10)(H2,6,7,8). The molecule has 0 saturated heterocycles. The van der Waals surface area contributed by atoms with Crippen molar-refractivity contribution in [1.82, 2.24) is 0 Å². The highest BCUT2D eigenvalue weighted by Crippen LogP contribution is 2.44. The maximum Gasteiger partial charge on any atom is 0.371 e. The van der Waals surface area contributed by atoms with E-state index in [1.807, 2.05) is 19.1 Å². The number of ether oxygens (including phenoxy) is 3. The zero-order valence-corrected chi connectivity index (χ0v) is 21.0. The van der Waals surface area contributed by atoms with E-state index in [0.29, 0.717) is 18.9 Å². The Labute approximate surface area is 211 Å². The summed E-state index contributed by atoms with van der Waals surface area (Å²) >= 11 is 0. The lowest BCUT2D eigenvalue weighted by molar-refractivity contribution is -0.129. The van der Waals surface area contributed by atoms with E-state index in [2.05, 4.69) is 64.3 Å². The van der Waals surface area contributed by atoms with Crippen LogP contribution in [0.3, 0.4) is 0 Å². The van der Waals surface area contributed by atoms with Gasteiger partial charge >= 0.3 is 5.97 Å². The number of anilines is 1. The van der Waals surface area contributed by atoms with Crippen LogP contribution in [0.1, 0.15) is 29.7 Å². The van der Waals surface area contributed by atoms with Gasteiger partial charge in [-0.15, -0.1) is 0 Å². The van der Waals surface area contributed by atoms with Crippen LogP contribution in [0.2, 0.25) is 0 Å². The first kappa shape index (κ1) is 26.5. The third-order valence-corrected chi connectivity index (χ3v) is 5.61. The third kappa shape index (κ3) is 6.11. The Kier molecular flexibility index (Phi) is 9.24. The Balaban J connectivity index is 0.000000308. The van der Waals surface area contributed by atoms with Crippen molar-refractivity contribution < 1.29 is 24.1 Å². The largest absolute Gasteiger partial charge is 0.493 e. The molecule has 1 unspecified atom stereocenters. The van der Waals surface area contributed by atoms with Crippen LogP contribution in [0.15, 0.2) is 70.3 Å².